The Morgan fingerprint density at radius 3 is 1.60 bits per heavy atom. The first-order valence-corrected chi connectivity index (χ1v) is 6.91. The fourth-order valence-corrected chi connectivity index (χ4v) is 2.87. The van der Waals surface area contributed by atoms with Crippen LogP contribution in [-0.4, -0.2) is 34.8 Å². The van der Waals surface area contributed by atoms with E-state index in [1.807, 2.05) is 0 Å². The molecule has 0 aliphatic rings. The lowest BCUT2D eigenvalue weighted by Crippen LogP contribution is -2.50. The van der Waals surface area contributed by atoms with Gasteiger partial charge in [0.2, 0.25) is 0 Å². The van der Waals surface area contributed by atoms with Gasteiger partial charge in [0.25, 0.3) is 5.97 Å². The van der Waals surface area contributed by atoms with Gasteiger partial charge in [-0.15, -0.1) is 0 Å². The Labute approximate surface area is 92.1 Å². The maximum atomic E-state index is 11.2. The zero-order chi connectivity index (χ0) is 11.7. The molecule has 0 radical (unpaired) electrons. The Bertz CT molecular complexity index is 168. The molecule has 0 aliphatic heterocycles. The van der Waals surface area contributed by atoms with Crippen molar-refractivity contribution in [1.29, 1.82) is 0 Å². The van der Waals surface area contributed by atoms with Crippen molar-refractivity contribution >= 4 is 15.0 Å². The van der Waals surface area contributed by atoms with Crippen LogP contribution >= 0.6 is 0 Å². The van der Waals surface area contributed by atoms with Crippen molar-refractivity contribution in [2.75, 3.05) is 19.8 Å². The minimum Gasteiger partial charge on any atom is -0.452 e. The number of rotatable bonds is 8. The second kappa shape index (κ2) is 7.81. The molecule has 0 saturated carbocycles. The van der Waals surface area contributed by atoms with Gasteiger partial charge >= 0.3 is 9.05 Å². The Hall–Kier alpha value is -0.433. The number of hydrogen-bond acceptors (Lipinski definition) is 5. The molecule has 15 heavy (non-hydrogen) atoms. The number of carbonyl (C=O) groups excluding carboxylic acids is 1. The zero-order valence-electron chi connectivity index (χ0n) is 9.87. The molecule has 0 aliphatic carbocycles. The van der Waals surface area contributed by atoms with Crippen LogP contribution in [0.3, 0.4) is 0 Å². The molecule has 0 unspecified atom stereocenters. The van der Waals surface area contributed by atoms with E-state index in [-0.39, 0.29) is 12.4 Å². The van der Waals surface area contributed by atoms with Crippen LogP contribution in [0.25, 0.3) is 0 Å². The SMILES string of the molecule is CCO[Si](OCC)(OCC)OC(=O)CC. The molecule has 0 bridgehead atoms. The summed E-state index contributed by atoms with van der Waals surface area (Å²) < 4.78 is 21.1. The van der Waals surface area contributed by atoms with Gasteiger partial charge in [0.1, 0.15) is 0 Å². The van der Waals surface area contributed by atoms with Gasteiger partial charge < -0.3 is 17.7 Å². The molecule has 0 N–H and O–H groups in total. The van der Waals surface area contributed by atoms with Crippen LogP contribution in [0.5, 0.6) is 0 Å². The van der Waals surface area contributed by atoms with E-state index >= 15 is 0 Å². The highest BCUT2D eigenvalue weighted by atomic mass is 28.4. The summed E-state index contributed by atoms with van der Waals surface area (Å²) in [5, 5.41) is 0. The van der Waals surface area contributed by atoms with Crippen molar-refractivity contribution in [3.8, 4) is 0 Å². The third kappa shape index (κ3) is 5.27. The Kier molecular flexibility index (Phi) is 7.58. The average molecular weight is 236 g/mol. The summed E-state index contributed by atoms with van der Waals surface area (Å²) in [7, 11) is -3.23. The molecule has 5 nitrogen and oxygen atoms in total. The molecule has 0 aromatic carbocycles. The molecule has 0 heterocycles. The third-order valence-electron chi connectivity index (χ3n) is 1.49. The molecule has 0 spiro atoms. The summed E-state index contributed by atoms with van der Waals surface area (Å²) in [4.78, 5) is 11.2. The monoisotopic (exact) mass is 236 g/mol. The predicted molar refractivity (Wildman–Crippen MR) is 57.0 cm³/mol. The molecule has 0 saturated heterocycles. The largest absolute Gasteiger partial charge is 0.751 e. The predicted octanol–water partition coefficient (Wildman–Crippen LogP) is 1.48. The van der Waals surface area contributed by atoms with E-state index in [4.69, 9.17) is 17.7 Å². The number of hydrogen-bond donors (Lipinski definition) is 0. The molecular weight excluding hydrogens is 216 g/mol. The molecule has 0 fully saturated rings. The summed E-state index contributed by atoms with van der Waals surface area (Å²) in [5.41, 5.74) is 0. The molecule has 0 amide bonds. The molecular formula is C9H20O5Si. The van der Waals surface area contributed by atoms with Crippen molar-refractivity contribution in [2.24, 2.45) is 0 Å². The van der Waals surface area contributed by atoms with Crippen molar-refractivity contribution in [1.82, 2.24) is 0 Å². The highest BCUT2D eigenvalue weighted by Crippen LogP contribution is 2.12. The number of carbonyl (C=O) groups is 1. The first-order chi connectivity index (χ1) is 7.14. The zero-order valence-corrected chi connectivity index (χ0v) is 10.9. The third-order valence-corrected chi connectivity index (χ3v) is 3.90. The smallest absolute Gasteiger partial charge is 0.452 e. The lowest BCUT2D eigenvalue weighted by atomic mass is 10.5. The van der Waals surface area contributed by atoms with Crippen LogP contribution in [0.4, 0.5) is 0 Å². The van der Waals surface area contributed by atoms with Gasteiger partial charge in [0.15, 0.2) is 0 Å². The van der Waals surface area contributed by atoms with Crippen LogP contribution in [0.2, 0.25) is 0 Å². The van der Waals surface area contributed by atoms with E-state index in [0.717, 1.165) is 0 Å². The molecule has 6 heteroatoms. The van der Waals surface area contributed by atoms with E-state index < -0.39 is 9.05 Å². The minimum atomic E-state index is -3.23. The Morgan fingerprint density at radius 1 is 0.933 bits per heavy atom. The van der Waals surface area contributed by atoms with Gasteiger partial charge in [-0.1, -0.05) is 6.92 Å². The summed E-state index contributed by atoms with van der Waals surface area (Å²) >= 11 is 0. The lowest BCUT2D eigenvalue weighted by Gasteiger charge is -2.25. The standard InChI is InChI=1S/C9H20O5Si/c1-5-9(10)14-15(11-6-2,12-7-3)13-8-4/h5-8H2,1-4H3. The fraction of sp³-hybridized carbons (Fsp3) is 0.889. The Morgan fingerprint density at radius 2 is 1.33 bits per heavy atom. The van der Waals surface area contributed by atoms with Gasteiger partial charge in [0, 0.05) is 26.2 Å². The lowest BCUT2D eigenvalue weighted by molar-refractivity contribution is -0.144. The van der Waals surface area contributed by atoms with E-state index in [0.29, 0.717) is 19.8 Å². The second-order valence-electron chi connectivity index (χ2n) is 2.63. The second-order valence-corrected chi connectivity index (χ2v) is 4.70. The summed E-state index contributed by atoms with van der Waals surface area (Å²) in [6.45, 7) is 8.31. The van der Waals surface area contributed by atoms with E-state index in [2.05, 4.69) is 0 Å². The van der Waals surface area contributed by atoms with Gasteiger partial charge in [0.05, 0.1) is 0 Å². The van der Waals surface area contributed by atoms with Crippen molar-refractivity contribution < 1.29 is 22.5 Å². The van der Waals surface area contributed by atoms with Crippen molar-refractivity contribution in [3.63, 3.8) is 0 Å². The van der Waals surface area contributed by atoms with Crippen molar-refractivity contribution in [3.05, 3.63) is 0 Å². The van der Waals surface area contributed by atoms with E-state index in [1.54, 1.807) is 27.7 Å². The van der Waals surface area contributed by atoms with Gasteiger partial charge in [-0.05, 0) is 20.8 Å². The molecule has 0 atom stereocenters. The summed E-state index contributed by atoms with van der Waals surface area (Å²) in [6.07, 6.45) is 0.280. The topological polar surface area (TPSA) is 54.0 Å². The highest BCUT2D eigenvalue weighted by Gasteiger charge is 2.48. The quantitative estimate of drug-likeness (QED) is 0.598. The van der Waals surface area contributed by atoms with Crippen LogP contribution in [0.15, 0.2) is 0 Å². The van der Waals surface area contributed by atoms with Crippen LogP contribution in [0.1, 0.15) is 34.1 Å². The van der Waals surface area contributed by atoms with Crippen LogP contribution < -0.4 is 0 Å². The summed E-state index contributed by atoms with van der Waals surface area (Å²) in [5.74, 6) is -0.364. The maximum Gasteiger partial charge on any atom is 0.751 e. The van der Waals surface area contributed by atoms with Gasteiger partial charge in [-0.25, -0.2) is 0 Å². The Balaban J connectivity index is 4.51. The van der Waals surface area contributed by atoms with Crippen LogP contribution in [-0.2, 0) is 22.5 Å². The fourth-order valence-electron chi connectivity index (χ4n) is 0.955. The molecule has 0 rings (SSSR count). The molecule has 0 aromatic heterocycles. The highest BCUT2D eigenvalue weighted by molar-refractivity contribution is 6.55. The van der Waals surface area contributed by atoms with Gasteiger partial charge in [-0.2, -0.15) is 0 Å². The molecule has 0 aromatic rings. The minimum absolute atomic E-state index is 0.280. The maximum absolute atomic E-state index is 11.2. The normalized spacial score (nSPS) is 11.5. The van der Waals surface area contributed by atoms with Gasteiger partial charge in [-0.3, -0.25) is 4.79 Å². The van der Waals surface area contributed by atoms with E-state index in [9.17, 15) is 4.79 Å². The first kappa shape index (κ1) is 14.6. The van der Waals surface area contributed by atoms with Crippen molar-refractivity contribution in [2.45, 2.75) is 34.1 Å². The summed E-state index contributed by atoms with van der Waals surface area (Å²) in [6, 6.07) is 0. The van der Waals surface area contributed by atoms with E-state index in [1.165, 1.54) is 0 Å². The average Bonchev–Trinajstić information content (AvgIpc) is 2.18. The molecule has 90 valence electrons. The van der Waals surface area contributed by atoms with Crippen LogP contribution in [0, 0.1) is 0 Å². The first-order valence-electron chi connectivity index (χ1n) is 5.27.